The summed E-state index contributed by atoms with van der Waals surface area (Å²) >= 11 is 0. The number of alkyl carbamates (subject to hydrolysis) is 1. The van der Waals surface area contributed by atoms with Crippen molar-refractivity contribution in [2.24, 2.45) is 0 Å². The van der Waals surface area contributed by atoms with E-state index >= 15 is 0 Å². The molecule has 34 heavy (non-hydrogen) atoms. The number of benzene rings is 2. The van der Waals surface area contributed by atoms with Crippen molar-refractivity contribution in [1.82, 2.24) is 5.32 Å². The van der Waals surface area contributed by atoms with Gasteiger partial charge in [0.2, 0.25) is 0 Å². The second kappa shape index (κ2) is 9.71. The molecule has 178 valence electrons. The molecule has 0 radical (unpaired) electrons. The number of esters is 1. The first kappa shape index (κ1) is 23.5. The van der Waals surface area contributed by atoms with Crippen molar-refractivity contribution in [2.45, 2.75) is 64.5 Å². The molecule has 0 fully saturated rings. The van der Waals surface area contributed by atoms with Crippen LogP contribution in [0.25, 0.3) is 11.0 Å². The molecule has 1 aliphatic carbocycles. The Hall–Kier alpha value is -3.61. The van der Waals surface area contributed by atoms with Crippen LogP contribution in [-0.4, -0.2) is 23.7 Å². The van der Waals surface area contributed by atoms with E-state index in [4.69, 9.17) is 13.9 Å². The molecule has 1 aromatic heterocycles. The highest BCUT2D eigenvalue weighted by Crippen LogP contribution is 2.29. The highest BCUT2D eigenvalue weighted by atomic mass is 16.6. The second-order valence-electron chi connectivity index (χ2n) is 9.52. The van der Waals surface area contributed by atoms with Crippen LogP contribution in [0.1, 0.15) is 50.3 Å². The molecule has 1 heterocycles. The van der Waals surface area contributed by atoms with Crippen molar-refractivity contribution in [1.29, 1.82) is 0 Å². The lowest BCUT2D eigenvalue weighted by molar-refractivity contribution is -0.136. The summed E-state index contributed by atoms with van der Waals surface area (Å²) < 4.78 is 16.4. The molecule has 7 heteroatoms. The summed E-state index contributed by atoms with van der Waals surface area (Å²) in [6.07, 6.45) is 3.08. The predicted molar refractivity (Wildman–Crippen MR) is 128 cm³/mol. The number of rotatable bonds is 5. The standard InChI is InChI=1S/C27H29NO6/c1-27(2,3)34-26(31)28-22(15-17-9-5-4-6-10-17)25(30)32-18-13-14-20-19-11-7-8-12-21(19)24(29)33-23(20)16-18/h4-6,9-10,13-14,16,22H,7-8,11-12,15H2,1-3H3,(H,28,31)/t22-/m1/s1. The lowest BCUT2D eigenvalue weighted by Crippen LogP contribution is -2.46. The molecular weight excluding hydrogens is 434 g/mol. The minimum Gasteiger partial charge on any atom is -0.444 e. The van der Waals surface area contributed by atoms with Crippen molar-refractivity contribution >= 4 is 23.0 Å². The molecule has 1 amide bonds. The van der Waals surface area contributed by atoms with Crippen LogP contribution in [0, 0.1) is 0 Å². The molecule has 0 saturated heterocycles. The maximum Gasteiger partial charge on any atom is 0.408 e. The Bertz CT molecular complexity index is 1260. The lowest BCUT2D eigenvalue weighted by atomic mass is 9.91. The molecule has 1 N–H and O–H groups in total. The third-order valence-corrected chi connectivity index (χ3v) is 5.67. The van der Waals surface area contributed by atoms with Crippen LogP contribution < -0.4 is 15.7 Å². The number of amides is 1. The fourth-order valence-corrected chi connectivity index (χ4v) is 4.17. The highest BCUT2D eigenvalue weighted by molar-refractivity contribution is 5.86. The van der Waals surface area contributed by atoms with Gasteiger partial charge in [0, 0.05) is 23.4 Å². The van der Waals surface area contributed by atoms with Gasteiger partial charge in [0.15, 0.2) is 0 Å². The highest BCUT2D eigenvalue weighted by Gasteiger charge is 2.27. The second-order valence-corrected chi connectivity index (χ2v) is 9.52. The van der Waals surface area contributed by atoms with E-state index in [1.54, 1.807) is 32.9 Å². The molecular formula is C27H29NO6. The van der Waals surface area contributed by atoms with Crippen molar-refractivity contribution in [3.05, 3.63) is 75.6 Å². The van der Waals surface area contributed by atoms with Crippen molar-refractivity contribution < 1.29 is 23.5 Å². The van der Waals surface area contributed by atoms with Crippen LogP contribution in [-0.2, 0) is 28.8 Å². The van der Waals surface area contributed by atoms with Gasteiger partial charge >= 0.3 is 17.7 Å². The van der Waals surface area contributed by atoms with Crippen LogP contribution in [0.3, 0.4) is 0 Å². The van der Waals surface area contributed by atoms with E-state index in [0.717, 1.165) is 47.8 Å². The quantitative estimate of drug-likeness (QED) is 0.334. The Labute approximate surface area is 198 Å². The van der Waals surface area contributed by atoms with Gasteiger partial charge in [0.25, 0.3) is 0 Å². The Kier molecular flexibility index (Phi) is 6.72. The monoisotopic (exact) mass is 463 g/mol. The summed E-state index contributed by atoms with van der Waals surface area (Å²) in [6.45, 7) is 5.25. The van der Waals surface area contributed by atoms with Gasteiger partial charge < -0.3 is 19.2 Å². The molecule has 0 bridgehead atoms. The molecule has 0 saturated carbocycles. The van der Waals surface area contributed by atoms with E-state index in [0.29, 0.717) is 5.58 Å². The number of nitrogens with one attached hydrogen (secondary N) is 1. The summed E-state index contributed by atoms with van der Waals surface area (Å²) in [6, 6.07) is 13.4. The number of ether oxygens (including phenoxy) is 2. The number of hydrogen-bond acceptors (Lipinski definition) is 6. The van der Waals surface area contributed by atoms with E-state index < -0.39 is 23.7 Å². The van der Waals surface area contributed by atoms with Crippen LogP contribution in [0.4, 0.5) is 4.79 Å². The maximum atomic E-state index is 13.1. The van der Waals surface area contributed by atoms with Crippen LogP contribution >= 0.6 is 0 Å². The number of aryl methyl sites for hydroxylation is 1. The molecule has 0 unspecified atom stereocenters. The first-order valence-electron chi connectivity index (χ1n) is 11.5. The van der Waals surface area contributed by atoms with Gasteiger partial charge in [-0.1, -0.05) is 30.3 Å². The average molecular weight is 464 g/mol. The van der Waals surface area contributed by atoms with Crippen molar-refractivity contribution in [3.63, 3.8) is 0 Å². The Morgan fingerprint density at radius 3 is 2.44 bits per heavy atom. The smallest absolute Gasteiger partial charge is 0.408 e. The zero-order chi connectivity index (χ0) is 24.3. The largest absolute Gasteiger partial charge is 0.444 e. The number of carbonyl (C=O) groups is 2. The van der Waals surface area contributed by atoms with E-state index in [-0.39, 0.29) is 17.8 Å². The summed E-state index contributed by atoms with van der Waals surface area (Å²) in [5.74, 6) is -0.408. The molecule has 3 aromatic rings. The number of hydrogen-bond donors (Lipinski definition) is 1. The van der Waals surface area contributed by atoms with Gasteiger partial charge in [-0.2, -0.15) is 0 Å². The summed E-state index contributed by atoms with van der Waals surface area (Å²) in [7, 11) is 0. The molecule has 7 nitrogen and oxygen atoms in total. The van der Waals surface area contributed by atoms with Crippen molar-refractivity contribution in [3.8, 4) is 5.75 Å². The van der Waals surface area contributed by atoms with Crippen LogP contribution in [0.5, 0.6) is 5.75 Å². The summed E-state index contributed by atoms with van der Waals surface area (Å²) in [4.78, 5) is 37.9. The third-order valence-electron chi connectivity index (χ3n) is 5.67. The molecule has 1 aliphatic rings. The van der Waals surface area contributed by atoms with E-state index in [1.165, 1.54) is 0 Å². The Morgan fingerprint density at radius 1 is 1.03 bits per heavy atom. The fraction of sp³-hybridized carbons (Fsp3) is 0.370. The maximum absolute atomic E-state index is 13.1. The normalized spacial score (nSPS) is 14.2. The molecule has 0 spiro atoms. The van der Waals surface area contributed by atoms with E-state index in [9.17, 15) is 14.4 Å². The van der Waals surface area contributed by atoms with Gasteiger partial charge in [0.1, 0.15) is 23.0 Å². The Balaban J connectivity index is 1.57. The zero-order valence-electron chi connectivity index (χ0n) is 19.7. The van der Waals surface area contributed by atoms with Gasteiger partial charge in [-0.25, -0.2) is 14.4 Å². The van der Waals surface area contributed by atoms with Gasteiger partial charge in [-0.05, 0) is 69.7 Å². The number of carbonyl (C=O) groups excluding carboxylic acids is 2. The number of fused-ring (bicyclic) bond motifs is 3. The van der Waals surface area contributed by atoms with Crippen LogP contribution in [0.2, 0.25) is 0 Å². The first-order valence-corrected chi connectivity index (χ1v) is 11.5. The first-order chi connectivity index (χ1) is 16.2. The predicted octanol–water partition coefficient (Wildman–Crippen LogP) is 4.71. The lowest BCUT2D eigenvalue weighted by Gasteiger charge is -2.23. The van der Waals surface area contributed by atoms with Gasteiger partial charge in [0.05, 0.1) is 0 Å². The third kappa shape index (κ3) is 5.65. The average Bonchev–Trinajstić information content (AvgIpc) is 2.78. The summed E-state index contributed by atoms with van der Waals surface area (Å²) in [5.41, 5.74) is 1.96. The van der Waals surface area contributed by atoms with E-state index in [2.05, 4.69) is 5.32 Å². The minimum atomic E-state index is -0.969. The van der Waals surface area contributed by atoms with E-state index in [1.807, 2.05) is 36.4 Å². The molecule has 4 rings (SSSR count). The molecule has 0 aliphatic heterocycles. The Morgan fingerprint density at radius 2 is 1.74 bits per heavy atom. The van der Waals surface area contributed by atoms with Crippen LogP contribution in [0.15, 0.2) is 57.7 Å². The SMILES string of the molecule is CC(C)(C)OC(=O)N[C@H](Cc1ccccc1)C(=O)Oc1ccc2c3c(c(=O)oc2c1)CCCC3. The fourth-order valence-electron chi connectivity index (χ4n) is 4.17. The van der Waals surface area contributed by atoms with Crippen molar-refractivity contribution in [2.75, 3.05) is 0 Å². The zero-order valence-corrected chi connectivity index (χ0v) is 19.7. The minimum absolute atomic E-state index is 0.231. The van der Waals surface area contributed by atoms with Gasteiger partial charge in [-0.3, -0.25) is 0 Å². The molecule has 2 aromatic carbocycles. The van der Waals surface area contributed by atoms with Gasteiger partial charge in [-0.15, -0.1) is 0 Å². The topological polar surface area (TPSA) is 94.8 Å². The summed E-state index contributed by atoms with van der Waals surface area (Å²) in [5, 5.41) is 3.48. The molecule has 1 atom stereocenters.